The van der Waals surface area contributed by atoms with Crippen molar-refractivity contribution >= 4 is 34.6 Å². The van der Waals surface area contributed by atoms with E-state index < -0.39 is 0 Å². The number of benzene rings is 2. The van der Waals surface area contributed by atoms with Crippen LogP contribution in [0.25, 0.3) is 0 Å². The Labute approximate surface area is 152 Å². The highest BCUT2D eigenvalue weighted by Crippen LogP contribution is 2.41. The molecule has 2 aromatic carbocycles. The number of halogens is 1. The van der Waals surface area contributed by atoms with Crippen LogP contribution in [0.15, 0.2) is 42.5 Å². The fourth-order valence-corrected chi connectivity index (χ4v) is 3.32. The molecule has 0 fully saturated rings. The molecule has 0 aliphatic carbocycles. The van der Waals surface area contributed by atoms with Crippen molar-refractivity contribution in [3.8, 4) is 0 Å². The largest absolute Gasteiger partial charge is 0.396 e. The minimum Gasteiger partial charge on any atom is -0.396 e. The first-order chi connectivity index (χ1) is 12.2. The summed E-state index contributed by atoms with van der Waals surface area (Å²) in [5.74, 6) is -0.0807. The molecule has 0 bridgehead atoms. The van der Waals surface area contributed by atoms with Crippen LogP contribution in [0.1, 0.15) is 23.2 Å². The van der Waals surface area contributed by atoms with Crippen LogP contribution in [-0.4, -0.2) is 37.3 Å². The van der Waals surface area contributed by atoms with Gasteiger partial charge in [-0.2, -0.15) is 0 Å². The Bertz CT molecular complexity index is 766. The first-order valence-corrected chi connectivity index (χ1v) is 8.84. The van der Waals surface area contributed by atoms with E-state index >= 15 is 0 Å². The van der Waals surface area contributed by atoms with Crippen LogP contribution >= 0.6 is 11.6 Å². The van der Waals surface area contributed by atoms with E-state index in [9.17, 15) is 9.90 Å². The predicted octanol–water partition coefficient (Wildman–Crippen LogP) is 3.17. The fourth-order valence-electron chi connectivity index (χ4n) is 3.16. The van der Waals surface area contributed by atoms with E-state index in [1.807, 2.05) is 30.3 Å². The van der Waals surface area contributed by atoms with Gasteiger partial charge in [-0.1, -0.05) is 23.7 Å². The second-order valence-electron chi connectivity index (χ2n) is 5.98. The number of anilines is 3. The summed E-state index contributed by atoms with van der Waals surface area (Å²) in [6.07, 6.45) is 1.32. The van der Waals surface area contributed by atoms with Crippen LogP contribution in [0.2, 0.25) is 5.02 Å². The number of amides is 1. The summed E-state index contributed by atoms with van der Waals surface area (Å²) < 4.78 is 0. The molecule has 1 aliphatic heterocycles. The number of aliphatic hydroxyl groups excluding tert-OH is 1. The third-order valence-corrected chi connectivity index (χ3v) is 4.55. The SMILES string of the molecule is NCCCN1c2cc(Cl)ccc2C(=O)N(CCCO)c2ccccc21. The van der Waals surface area contributed by atoms with Gasteiger partial charge in [-0.15, -0.1) is 0 Å². The van der Waals surface area contributed by atoms with Gasteiger partial charge in [0.05, 0.1) is 22.6 Å². The van der Waals surface area contributed by atoms with E-state index in [1.54, 1.807) is 17.0 Å². The molecule has 0 saturated heterocycles. The van der Waals surface area contributed by atoms with Crippen molar-refractivity contribution < 1.29 is 9.90 Å². The van der Waals surface area contributed by atoms with Crippen molar-refractivity contribution in [1.82, 2.24) is 0 Å². The molecule has 0 aromatic heterocycles. The van der Waals surface area contributed by atoms with Crippen molar-refractivity contribution in [3.05, 3.63) is 53.1 Å². The van der Waals surface area contributed by atoms with Gasteiger partial charge in [-0.3, -0.25) is 4.79 Å². The van der Waals surface area contributed by atoms with Gasteiger partial charge in [0.1, 0.15) is 0 Å². The Morgan fingerprint density at radius 1 is 0.960 bits per heavy atom. The van der Waals surface area contributed by atoms with Crippen LogP contribution in [0.4, 0.5) is 17.1 Å². The standard InChI is InChI=1S/C19H22ClN3O2/c20-14-7-8-15-18(13-14)22(10-3-9-21)16-5-1-2-6-17(16)23(19(15)25)11-4-12-24/h1-2,5-8,13,24H,3-4,9-12,21H2. The molecule has 132 valence electrons. The highest BCUT2D eigenvalue weighted by molar-refractivity contribution is 6.31. The second kappa shape index (κ2) is 7.87. The molecule has 0 saturated carbocycles. The predicted molar refractivity (Wildman–Crippen MR) is 102 cm³/mol. The molecule has 1 amide bonds. The number of hydrogen-bond acceptors (Lipinski definition) is 4. The third kappa shape index (κ3) is 3.49. The van der Waals surface area contributed by atoms with Crippen molar-refractivity contribution in [3.63, 3.8) is 0 Å². The summed E-state index contributed by atoms with van der Waals surface area (Å²) in [5.41, 5.74) is 8.91. The Morgan fingerprint density at radius 2 is 1.64 bits per heavy atom. The first kappa shape index (κ1) is 17.7. The number of hydrogen-bond donors (Lipinski definition) is 2. The lowest BCUT2D eigenvalue weighted by Crippen LogP contribution is -2.31. The molecule has 3 N–H and O–H groups in total. The van der Waals surface area contributed by atoms with E-state index in [2.05, 4.69) is 4.90 Å². The maximum Gasteiger partial charge on any atom is 0.260 e. The number of nitrogens with two attached hydrogens (primary N) is 1. The lowest BCUT2D eigenvalue weighted by atomic mass is 10.1. The molecule has 6 heteroatoms. The Morgan fingerprint density at radius 3 is 2.32 bits per heavy atom. The molecule has 1 aliphatic rings. The van der Waals surface area contributed by atoms with Crippen LogP contribution < -0.4 is 15.5 Å². The zero-order valence-corrected chi connectivity index (χ0v) is 14.7. The average molecular weight is 360 g/mol. The van der Waals surface area contributed by atoms with Crippen molar-refractivity contribution in [1.29, 1.82) is 0 Å². The Balaban J connectivity index is 2.18. The maximum atomic E-state index is 13.2. The van der Waals surface area contributed by atoms with Crippen LogP contribution in [-0.2, 0) is 0 Å². The van der Waals surface area contributed by atoms with Crippen LogP contribution in [0.5, 0.6) is 0 Å². The summed E-state index contributed by atoms with van der Waals surface area (Å²) in [6, 6.07) is 13.2. The molecule has 3 rings (SSSR count). The van der Waals surface area contributed by atoms with Gasteiger partial charge in [0.2, 0.25) is 0 Å². The lowest BCUT2D eigenvalue weighted by Gasteiger charge is -2.27. The highest BCUT2D eigenvalue weighted by atomic mass is 35.5. The molecule has 0 atom stereocenters. The quantitative estimate of drug-likeness (QED) is 0.831. The molecule has 0 unspecified atom stereocenters. The smallest absolute Gasteiger partial charge is 0.260 e. The molecular formula is C19H22ClN3O2. The van der Waals surface area contributed by atoms with E-state index in [1.165, 1.54) is 0 Å². The normalized spacial score (nSPS) is 13.5. The second-order valence-corrected chi connectivity index (χ2v) is 6.41. The molecular weight excluding hydrogens is 338 g/mol. The van der Waals surface area contributed by atoms with Gasteiger partial charge in [0, 0.05) is 24.7 Å². The number of para-hydroxylation sites is 2. The Kier molecular flexibility index (Phi) is 5.58. The molecule has 5 nitrogen and oxygen atoms in total. The third-order valence-electron chi connectivity index (χ3n) is 4.32. The van der Waals surface area contributed by atoms with Crippen molar-refractivity contribution in [2.24, 2.45) is 5.73 Å². The van der Waals surface area contributed by atoms with Gasteiger partial charge in [0.25, 0.3) is 5.91 Å². The highest BCUT2D eigenvalue weighted by Gasteiger charge is 2.30. The summed E-state index contributed by atoms with van der Waals surface area (Å²) in [5, 5.41) is 9.81. The molecule has 2 aromatic rings. The number of carbonyl (C=O) groups excluding carboxylic acids is 1. The number of carbonyl (C=O) groups is 1. The zero-order valence-electron chi connectivity index (χ0n) is 14.0. The average Bonchev–Trinajstić information content (AvgIpc) is 2.71. The molecule has 0 spiro atoms. The van der Waals surface area contributed by atoms with Gasteiger partial charge >= 0.3 is 0 Å². The Hall–Kier alpha value is -2.08. The molecule has 0 radical (unpaired) electrons. The number of nitrogens with zero attached hydrogens (tertiary/aromatic N) is 2. The lowest BCUT2D eigenvalue weighted by molar-refractivity contribution is 0.0986. The van der Waals surface area contributed by atoms with E-state index in [0.717, 1.165) is 23.5 Å². The minimum atomic E-state index is -0.0807. The first-order valence-electron chi connectivity index (χ1n) is 8.46. The van der Waals surface area contributed by atoms with Crippen LogP contribution in [0.3, 0.4) is 0 Å². The van der Waals surface area contributed by atoms with Crippen molar-refractivity contribution in [2.75, 3.05) is 36.0 Å². The monoisotopic (exact) mass is 359 g/mol. The van der Waals surface area contributed by atoms with E-state index in [0.29, 0.717) is 36.6 Å². The minimum absolute atomic E-state index is 0.0380. The number of aliphatic hydroxyl groups is 1. The van der Waals surface area contributed by atoms with Gasteiger partial charge in [-0.05, 0) is 49.7 Å². The zero-order chi connectivity index (χ0) is 17.8. The molecule has 25 heavy (non-hydrogen) atoms. The molecule has 1 heterocycles. The topological polar surface area (TPSA) is 69.8 Å². The summed E-state index contributed by atoms with van der Waals surface area (Å²) in [6.45, 7) is 1.76. The van der Waals surface area contributed by atoms with E-state index in [-0.39, 0.29) is 12.5 Å². The van der Waals surface area contributed by atoms with Gasteiger partial charge in [-0.25, -0.2) is 0 Å². The number of rotatable bonds is 6. The van der Waals surface area contributed by atoms with E-state index in [4.69, 9.17) is 17.3 Å². The van der Waals surface area contributed by atoms with Gasteiger partial charge in [0.15, 0.2) is 0 Å². The maximum absolute atomic E-state index is 13.2. The van der Waals surface area contributed by atoms with Crippen molar-refractivity contribution in [2.45, 2.75) is 12.8 Å². The van der Waals surface area contributed by atoms with Crippen LogP contribution in [0, 0.1) is 0 Å². The number of fused-ring (bicyclic) bond motifs is 2. The summed E-state index contributed by atoms with van der Waals surface area (Å²) in [4.78, 5) is 17.0. The van der Waals surface area contributed by atoms with Gasteiger partial charge < -0.3 is 20.6 Å². The summed E-state index contributed by atoms with van der Waals surface area (Å²) in [7, 11) is 0. The fraction of sp³-hybridized carbons (Fsp3) is 0.316. The summed E-state index contributed by atoms with van der Waals surface area (Å²) >= 11 is 6.21.